The average molecular weight is 239 g/mol. The van der Waals surface area contributed by atoms with Crippen LogP contribution in [0.2, 0.25) is 0 Å². The molecule has 0 bridgehead atoms. The van der Waals surface area contributed by atoms with Crippen LogP contribution in [0.25, 0.3) is 6.08 Å². The Morgan fingerprint density at radius 2 is 2.25 bits per heavy atom. The molecule has 84 valence electrons. The van der Waals surface area contributed by atoms with Crippen molar-refractivity contribution in [1.29, 1.82) is 0 Å². The molecule has 0 aliphatic carbocycles. The molecule has 0 aromatic carbocycles. The third kappa shape index (κ3) is 1.89. The van der Waals surface area contributed by atoms with E-state index >= 15 is 0 Å². The van der Waals surface area contributed by atoms with Crippen LogP contribution in [-0.2, 0) is 4.79 Å². The Labute approximate surface area is 95.7 Å². The van der Waals surface area contributed by atoms with Gasteiger partial charge < -0.3 is 9.52 Å². The summed E-state index contributed by atoms with van der Waals surface area (Å²) < 4.78 is 5.26. The molecule has 1 aliphatic heterocycles. The van der Waals surface area contributed by atoms with Crippen molar-refractivity contribution in [3.63, 3.8) is 0 Å². The van der Waals surface area contributed by atoms with Gasteiger partial charge >= 0.3 is 0 Å². The van der Waals surface area contributed by atoms with E-state index in [-0.39, 0.29) is 4.91 Å². The lowest BCUT2D eigenvalue weighted by Gasteiger charge is -2.05. The maximum atomic E-state index is 11.6. The number of carbonyl (C=O) groups excluding carboxylic acids is 2. The van der Waals surface area contributed by atoms with E-state index in [2.05, 4.69) is 0 Å². The largest absolute Gasteiger partial charge is 0.462 e. The third-order valence-corrected chi connectivity index (χ3v) is 2.96. The van der Waals surface area contributed by atoms with E-state index in [1.165, 1.54) is 6.08 Å². The molecular weight excluding hydrogens is 230 g/mol. The molecule has 0 spiro atoms. The molecule has 6 heteroatoms. The summed E-state index contributed by atoms with van der Waals surface area (Å²) in [5, 5.41) is 8.34. The Bertz CT molecular complexity index is 477. The van der Waals surface area contributed by atoms with Crippen molar-refractivity contribution >= 4 is 29.0 Å². The Morgan fingerprint density at radius 3 is 2.75 bits per heavy atom. The zero-order valence-corrected chi connectivity index (χ0v) is 9.28. The van der Waals surface area contributed by atoms with E-state index in [0.29, 0.717) is 5.76 Å². The SMILES string of the molecule is Cc1ccc(C=C2SC(=O)N(CO)C2=O)o1. The smallest absolute Gasteiger partial charge is 0.295 e. The van der Waals surface area contributed by atoms with Crippen molar-refractivity contribution in [3.8, 4) is 0 Å². The van der Waals surface area contributed by atoms with E-state index in [1.807, 2.05) is 0 Å². The summed E-state index contributed by atoms with van der Waals surface area (Å²) in [6, 6.07) is 3.48. The highest BCUT2D eigenvalue weighted by atomic mass is 32.2. The fourth-order valence-electron chi connectivity index (χ4n) is 1.28. The molecule has 0 saturated carbocycles. The summed E-state index contributed by atoms with van der Waals surface area (Å²) >= 11 is 0.789. The number of aliphatic hydroxyl groups excluding tert-OH is 1. The van der Waals surface area contributed by atoms with Crippen molar-refractivity contribution in [2.75, 3.05) is 6.73 Å². The Morgan fingerprint density at radius 1 is 1.50 bits per heavy atom. The summed E-state index contributed by atoms with van der Waals surface area (Å²) in [4.78, 5) is 23.9. The van der Waals surface area contributed by atoms with Crippen molar-refractivity contribution < 1.29 is 19.1 Å². The minimum absolute atomic E-state index is 0.258. The monoisotopic (exact) mass is 239 g/mol. The number of rotatable bonds is 2. The van der Waals surface area contributed by atoms with Gasteiger partial charge in [-0.2, -0.15) is 0 Å². The number of imide groups is 1. The Hall–Kier alpha value is -1.53. The second-order valence-corrected chi connectivity index (χ2v) is 4.19. The molecular formula is C10H9NO4S. The fraction of sp³-hybridized carbons (Fsp3) is 0.200. The first-order valence-corrected chi connectivity index (χ1v) is 5.36. The normalized spacial score (nSPS) is 18.9. The van der Waals surface area contributed by atoms with Crippen LogP contribution in [0.15, 0.2) is 21.5 Å². The van der Waals surface area contributed by atoms with Crippen LogP contribution in [0.5, 0.6) is 0 Å². The van der Waals surface area contributed by atoms with Crippen LogP contribution in [0, 0.1) is 6.92 Å². The van der Waals surface area contributed by atoms with Gasteiger partial charge in [-0.3, -0.25) is 9.59 Å². The maximum absolute atomic E-state index is 11.6. The maximum Gasteiger partial charge on any atom is 0.295 e. The van der Waals surface area contributed by atoms with Crippen molar-refractivity contribution in [1.82, 2.24) is 4.90 Å². The number of furan rings is 1. The molecule has 2 heterocycles. The molecule has 5 nitrogen and oxygen atoms in total. The average Bonchev–Trinajstić information content (AvgIpc) is 2.74. The van der Waals surface area contributed by atoms with Crippen LogP contribution < -0.4 is 0 Å². The first-order chi connectivity index (χ1) is 7.61. The number of thioether (sulfide) groups is 1. The van der Waals surface area contributed by atoms with Crippen LogP contribution in [0.4, 0.5) is 4.79 Å². The lowest BCUT2D eigenvalue weighted by atomic mass is 10.3. The number of aryl methyl sites for hydroxylation is 1. The molecule has 1 aromatic heterocycles. The van der Waals surface area contributed by atoms with Gasteiger partial charge in [0.25, 0.3) is 11.1 Å². The summed E-state index contributed by atoms with van der Waals surface area (Å²) in [6.07, 6.45) is 1.49. The number of hydrogen-bond donors (Lipinski definition) is 1. The van der Waals surface area contributed by atoms with Gasteiger partial charge in [0.15, 0.2) is 0 Å². The van der Waals surface area contributed by atoms with E-state index in [0.717, 1.165) is 22.4 Å². The second kappa shape index (κ2) is 4.15. The summed E-state index contributed by atoms with van der Waals surface area (Å²) in [5.41, 5.74) is 0. The van der Waals surface area contributed by atoms with Crippen molar-refractivity contribution in [2.45, 2.75) is 6.92 Å². The molecule has 1 saturated heterocycles. The highest BCUT2D eigenvalue weighted by Crippen LogP contribution is 2.31. The highest BCUT2D eigenvalue weighted by molar-refractivity contribution is 8.18. The molecule has 16 heavy (non-hydrogen) atoms. The lowest BCUT2D eigenvalue weighted by Crippen LogP contribution is -2.28. The van der Waals surface area contributed by atoms with E-state index < -0.39 is 17.9 Å². The molecule has 0 atom stereocenters. The summed E-state index contributed by atoms with van der Waals surface area (Å²) in [7, 11) is 0. The van der Waals surface area contributed by atoms with E-state index in [9.17, 15) is 9.59 Å². The quantitative estimate of drug-likeness (QED) is 0.793. The molecule has 2 amide bonds. The van der Waals surface area contributed by atoms with Crippen molar-refractivity contribution in [2.24, 2.45) is 0 Å². The van der Waals surface area contributed by atoms with Crippen LogP contribution in [0.3, 0.4) is 0 Å². The van der Waals surface area contributed by atoms with Gasteiger partial charge in [0.05, 0.1) is 4.91 Å². The minimum Gasteiger partial charge on any atom is -0.462 e. The number of aliphatic hydroxyl groups is 1. The number of nitrogens with zero attached hydrogens (tertiary/aromatic N) is 1. The summed E-state index contributed by atoms with van der Waals surface area (Å²) in [5.74, 6) is 0.750. The van der Waals surface area contributed by atoms with Gasteiger partial charge in [0.2, 0.25) is 0 Å². The fourth-order valence-corrected chi connectivity index (χ4v) is 2.09. The molecule has 1 N–H and O–H groups in total. The van der Waals surface area contributed by atoms with Crippen LogP contribution >= 0.6 is 11.8 Å². The van der Waals surface area contributed by atoms with E-state index in [4.69, 9.17) is 9.52 Å². The molecule has 2 rings (SSSR count). The highest BCUT2D eigenvalue weighted by Gasteiger charge is 2.34. The van der Waals surface area contributed by atoms with Gasteiger partial charge in [0.1, 0.15) is 18.3 Å². The Balaban J connectivity index is 2.27. The van der Waals surface area contributed by atoms with Gasteiger partial charge in [-0.1, -0.05) is 0 Å². The lowest BCUT2D eigenvalue weighted by molar-refractivity contribution is -0.125. The van der Waals surface area contributed by atoms with Gasteiger partial charge in [-0.05, 0) is 30.8 Å². The molecule has 1 aliphatic rings. The zero-order valence-electron chi connectivity index (χ0n) is 8.47. The predicted octanol–water partition coefficient (Wildman–Crippen LogP) is 1.57. The molecule has 0 unspecified atom stereocenters. The third-order valence-electron chi connectivity index (χ3n) is 2.05. The van der Waals surface area contributed by atoms with Gasteiger partial charge in [-0.25, -0.2) is 4.90 Å². The summed E-state index contributed by atoms with van der Waals surface area (Å²) in [6.45, 7) is 1.19. The van der Waals surface area contributed by atoms with Crippen molar-refractivity contribution in [3.05, 3.63) is 28.6 Å². The first-order valence-electron chi connectivity index (χ1n) is 4.54. The standard InChI is InChI=1S/C10H9NO4S/c1-6-2-3-7(15-6)4-8-9(13)11(5-12)10(14)16-8/h2-4,12H,5H2,1H3. The topological polar surface area (TPSA) is 70.8 Å². The van der Waals surface area contributed by atoms with Crippen LogP contribution in [0.1, 0.15) is 11.5 Å². The molecule has 1 aromatic rings. The van der Waals surface area contributed by atoms with Gasteiger partial charge in [-0.15, -0.1) is 0 Å². The number of hydrogen-bond acceptors (Lipinski definition) is 5. The number of carbonyl (C=O) groups is 2. The molecule has 0 radical (unpaired) electrons. The van der Waals surface area contributed by atoms with Crippen LogP contribution in [-0.4, -0.2) is 27.9 Å². The predicted molar refractivity (Wildman–Crippen MR) is 58.3 cm³/mol. The first kappa shape index (κ1) is 11.0. The Kier molecular flexibility index (Phi) is 2.84. The van der Waals surface area contributed by atoms with Gasteiger partial charge in [0, 0.05) is 6.08 Å². The minimum atomic E-state index is -0.598. The molecule has 1 fully saturated rings. The number of amides is 2. The van der Waals surface area contributed by atoms with E-state index in [1.54, 1.807) is 19.1 Å². The zero-order chi connectivity index (χ0) is 11.7. The second-order valence-electron chi connectivity index (χ2n) is 3.20.